The van der Waals surface area contributed by atoms with Crippen LogP contribution in [0.4, 0.5) is 4.79 Å². The Kier molecular flexibility index (Phi) is 5.79. The van der Waals surface area contributed by atoms with Crippen LogP contribution in [0.25, 0.3) is 0 Å². The Labute approximate surface area is 119 Å². The first-order chi connectivity index (χ1) is 9.45. The molecule has 1 aromatic carbocycles. The number of ether oxygens (including phenoxy) is 1. The number of aliphatic carboxylic acids is 1. The topological polar surface area (TPSA) is 105 Å². The first-order valence-electron chi connectivity index (χ1n) is 5.54. The Morgan fingerprint density at radius 3 is 2.55 bits per heavy atom. The standard InChI is InChI=1S/C12H13ClN2O5/c1-20-9(16)6-14-12(19)15-10(11(17)18)7-4-2-3-5-8(7)13/h2-5,10H,6H2,1H3,(H,17,18)(H2,14,15,19)/t10-/m1/s1. The Hall–Kier alpha value is -2.28. The van der Waals surface area contributed by atoms with Crippen molar-refractivity contribution in [3.05, 3.63) is 34.9 Å². The van der Waals surface area contributed by atoms with Crippen molar-refractivity contribution < 1.29 is 24.2 Å². The lowest BCUT2D eigenvalue weighted by Gasteiger charge is -2.16. The fourth-order valence-electron chi connectivity index (χ4n) is 1.39. The highest BCUT2D eigenvalue weighted by atomic mass is 35.5. The highest BCUT2D eigenvalue weighted by Crippen LogP contribution is 2.22. The Bertz CT molecular complexity index is 520. The third-order valence-corrected chi connectivity index (χ3v) is 2.70. The van der Waals surface area contributed by atoms with Crippen LogP contribution in [-0.2, 0) is 14.3 Å². The first kappa shape index (κ1) is 15.8. The second kappa shape index (κ2) is 7.34. The molecule has 0 aliphatic heterocycles. The van der Waals surface area contributed by atoms with Gasteiger partial charge in [-0.2, -0.15) is 0 Å². The van der Waals surface area contributed by atoms with E-state index in [-0.39, 0.29) is 17.1 Å². The van der Waals surface area contributed by atoms with Gasteiger partial charge in [0.25, 0.3) is 0 Å². The lowest BCUT2D eigenvalue weighted by Crippen LogP contribution is -2.43. The number of carboxylic acids is 1. The molecule has 1 rings (SSSR count). The van der Waals surface area contributed by atoms with Crippen LogP contribution in [0.15, 0.2) is 24.3 Å². The second-order valence-electron chi connectivity index (χ2n) is 3.70. The number of carboxylic acid groups (broad SMARTS) is 1. The summed E-state index contributed by atoms with van der Waals surface area (Å²) in [5.41, 5.74) is 0.245. The van der Waals surface area contributed by atoms with Crippen LogP contribution < -0.4 is 10.6 Å². The van der Waals surface area contributed by atoms with Gasteiger partial charge in [-0.15, -0.1) is 0 Å². The maximum Gasteiger partial charge on any atom is 0.331 e. The lowest BCUT2D eigenvalue weighted by molar-refractivity contribution is -0.139. The van der Waals surface area contributed by atoms with Gasteiger partial charge in [0.15, 0.2) is 6.04 Å². The maximum atomic E-state index is 11.5. The van der Waals surface area contributed by atoms with Crippen LogP contribution in [0.2, 0.25) is 5.02 Å². The monoisotopic (exact) mass is 300 g/mol. The van der Waals surface area contributed by atoms with Crippen molar-refractivity contribution in [1.82, 2.24) is 10.6 Å². The summed E-state index contributed by atoms with van der Waals surface area (Å²) in [6, 6.07) is 4.11. The molecule has 0 bridgehead atoms. The van der Waals surface area contributed by atoms with Gasteiger partial charge in [-0.05, 0) is 6.07 Å². The van der Waals surface area contributed by atoms with Crippen molar-refractivity contribution >= 4 is 29.6 Å². The summed E-state index contributed by atoms with van der Waals surface area (Å²) in [4.78, 5) is 33.6. The molecule has 0 heterocycles. The van der Waals surface area contributed by atoms with E-state index in [1.54, 1.807) is 12.1 Å². The van der Waals surface area contributed by atoms with Crippen molar-refractivity contribution in [3.8, 4) is 0 Å². The molecule has 1 atom stereocenters. The summed E-state index contributed by atoms with van der Waals surface area (Å²) in [5.74, 6) is -1.92. The van der Waals surface area contributed by atoms with Gasteiger partial charge < -0.3 is 20.5 Å². The van der Waals surface area contributed by atoms with E-state index in [0.717, 1.165) is 0 Å². The normalized spacial score (nSPS) is 11.3. The van der Waals surface area contributed by atoms with E-state index in [0.29, 0.717) is 0 Å². The minimum absolute atomic E-state index is 0.216. The highest BCUT2D eigenvalue weighted by Gasteiger charge is 2.24. The summed E-state index contributed by atoms with van der Waals surface area (Å²) >= 11 is 5.89. The molecule has 0 saturated carbocycles. The van der Waals surface area contributed by atoms with E-state index in [1.807, 2.05) is 0 Å². The zero-order chi connectivity index (χ0) is 15.1. The maximum absolute atomic E-state index is 11.5. The molecule has 3 N–H and O–H groups in total. The van der Waals surface area contributed by atoms with Crippen LogP contribution in [0.3, 0.4) is 0 Å². The molecule has 0 unspecified atom stereocenters. The van der Waals surface area contributed by atoms with Gasteiger partial charge in [0, 0.05) is 10.6 Å². The van der Waals surface area contributed by atoms with Crippen molar-refractivity contribution in [1.29, 1.82) is 0 Å². The predicted molar refractivity (Wildman–Crippen MR) is 70.4 cm³/mol. The average molecular weight is 301 g/mol. The molecule has 0 radical (unpaired) electrons. The predicted octanol–water partition coefficient (Wildman–Crippen LogP) is 0.938. The number of carbonyl (C=O) groups is 3. The summed E-state index contributed by atoms with van der Waals surface area (Å²) in [6.07, 6.45) is 0. The number of hydrogen-bond acceptors (Lipinski definition) is 4. The zero-order valence-corrected chi connectivity index (χ0v) is 11.3. The van der Waals surface area contributed by atoms with E-state index in [1.165, 1.54) is 19.2 Å². The summed E-state index contributed by atoms with van der Waals surface area (Å²) in [7, 11) is 1.17. The fourth-order valence-corrected chi connectivity index (χ4v) is 1.63. The van der Waals surface area contributed by atoms with Gasteiger partial charge in [0.2, 0.25) is 0 Å². The Morgan fingerprint density at radius 1 is 1.35 bits per heavy atom. The smallest absolute Gasteiger partial charge is 0.331 e. The largest absolute Gasteiger partial charge is 0.479 e. The molecule has 0 aliphatic carbocycles. The number of halogens is 1. The minimum Gasteiger partial charge on any atom is -0.479 e. The number of rotatable bonds is 5. The average Bonchev–Trinajstić information content (AvgIpc) is 2.42. The third-order valence-electron chi connectivity index (χ3n) is 2.36. The zero-order valence-electron chi connectivity index (χ0n) is 10.6. The Morgan fingerprint density at radius 2 is 2.00 bits per heavy atom. The van der Waals surface area contributed by atoms with Gasteiger partial charge >= 0.3 is 18.0 Å². The molecule has 2 amide bonds. The summed E-state index contributed by atoms with van der Waals surface area (Å²) in [5, 5.41) is 13.7. The lowest BCUT2D eigenvalue weighted by atomic mass is 10.1. The SMILES string of the molecule is COC(=O)CNC(=O)N[C@@H](C(=O)O)c1ccccc1Cl. The van der Waals surface area contributed by atoms with E-state index in [9.17, 15) is 14.4 Å². The molecule has 0 saturated heterocycles. The number of esters is 1. The molecule has 108 valence electrons. The molecule has 0 spiro atoms. The molecule has 7 nitrogen and oxygen atoms in total. The van der Waals surface area contributed by atoms with E-state index in [4.69, 9.17) is 16.7 Å². The van der Waals surface area contributed by atoms with Crippen LogP contribution in [-0.4, -0.2) is 36.7 Å². The van der Waals surface area contributed by atoms with Crippen LogP contribution in [0.1, 0.15) is 11.6 Å². The van der Waals surface area contributed by atoms with Gasteiger partial charge in [-0.3, -0.25) is 4.79 Å². The number of urea groups is 1. The van der Waals surface area contributed by atoms with Crippen molar-refractivity contribution in [2.24, 2.45) is 0 Å². The first-order valence-corrected chi connectivity index (χ1v) is 5.92. The van der Waals surface area contributed by atoms with Crippen molar-refractivity contribution in [2.45, 2.75) is 6.04 Å². The summed E-state index contributed by atoms with van der Waals surface area (Å²) in [6.45, 7) is -0.364. The van der Waals surface area contributed by atoms with Crippen molar-refractivity contribution in [3.63, 3.8) is 0 Å². The number of amides is 2. The number of nitrogens with one attached hydrogen (secondary N) is 2. The number of carbonyl (C=O) groups excluding carboxylic acids is 2. The van der Waals surface area contributed by atoms with Crippen LogP contribution >= 0.6 is 11.6 Å². The summed E-state index contributed by atoms with van der Waals surface area (Å²) < 4.78 is 4.34. The number of methoxy groups -OCH3 is 1. The van der Waals surface area contributed by atoms with E-state index >= 15 is 0 Å². The molecule has 1 aromatic rings. The van der Waals surface area contributed by atoms with Gasteiger partial charge in [0.05, 0.1) is 7.11 Å². The molecule has 0 fully saturated rings. The van der Waals surface area contributed by atoms with Gasteiger partial charge in [-0.25, -0.2) is 9.59 Å². The minimum atomic E-state index is -1.32. The van der Waals surface area contributed by atoms with Gasteiger partial charge in [-0.1, -0.05) is 29.8 Å². The number of hydrogen-bond donors (Lipinski definition) is 3. The molecule has 0 aromatic heterocycles. The van der Waals surface area contributed by atoms with Crippen LogP contribution in [0.5, 0.6) is 0 Å². The quantitative estimate of drug-likeness (QED) is 0.702. The third kappa shape index (κ3) is 4.43. The fraction of sp³-hybridized carbons (Fsp3) is 0.250. The highest BCUT2D eigenvalue weighted by molar-refractivity contribution is 6.31. The van der Waals surface area contributed by atoms with Crippen molar-refractivity contribution in [2.75, 3.05) is 13.7 Å². The number of benzene rings is 1. The molecule has 8 heteroatoms. The van der Waals surface area contributed by atoms with Gasteiger partial charge in [0.1, 0.15) is 6.54 Å². The molecular weight excluding hydrogens is 288 g/mol. The molecule has 20 heavy (non-hydrogen) atoms. The second-order valence-corrected chi connectivity index (χ2v) is 4.10. The molecular formula is C12H13ClN2O5. The van der Waals surface area contributed by atoms with Crippen LogP contribution in [0, 0.1) is 0 Å². The Balaban J connectivity index is 2.74. The van der Waals surface area contributed by atoms with E-state index < -0.39 is 24.0 Å². The van der Waals surface area contributed by atoms with E-state index in [2.05, 4.69) is 15.4 Å². The molecule has 0 aliphatic rings.